The van der Waals surface area contributed by atoms with Gasteiger partial charge in [-0.05, 0) is 17.7 Å². The fourth-order valence-corrected chi connectivity index (χ4v) is 2.70. The van der Waals surface area contributed by atoms with Gasteiger partial charge in [-0.2, -0.15) is 0 Å². The number of aromatic amines is 1. The zero-order valence-corrected chi connectivity index (χ0v) is 13.9. The molecule has 22 heavy (non-hydrogen) atoms. The van der Waals surface area contributed by atoms with Crippen LogP contribution in [0.15, 0.2) is 40.9 Å². The van der Waals surface area contributed by atoms with Gasteiger partial charge >= 0.3 is 0 Å². The molecule has 0 spiro atoms. The number of imidazole rings is 1. The van der Waals surface area contributed by atoms with Crippen LogP contribution < -0.4 is 14.8 Å². The van der Waals surface area contributed by atoms with Crippen molar-refractivity contribution >= 4 is 32.9 Å². The minimum absolute atomic E-state index is 0.667. The topological polar surface area (TPSA) is 59.2 Å². The number of nitrogens with zero attached hydrogens (tertiary/aromatic N) is 1. The molecule has 1 aromatic heterocycles. The summed E-state index contributed by atoms with van der Waals surface area (Å²) in [6.45, 7) is 0.688. The third kappa shape index (κ3) is 3.01. The zero-order chi connectivity index (χ0) is 15.5. The van der Waals surface area contributed by atoms with E-state index in [0.29, 0.717) is 24.0 Å². The number of rotatable bonds is 5. The Balaban J connectivity index is 1.82. The van der Waals surface area contributed by atoms with Gasteiger partial charge in [0.15, 0.2) is 11.5 Å². The molecule has 114 valence electrons. The number of fused-ring (bicyclic) bond motifs is 1. The Hall–Kier alpha value is -2.21. The fraction of sp³-hybridized carbons (Fsp3) is 0.188. The summed E-state index contributed by atoms with van der Waals surface area (Å²) < 4.78 is 11.7. The highest BCUT2D eigenvalue weighted by Gasteiger charge is 2.09. The molecule has 5 nitrogen and oxygen atoms in total. The molecule has 2 aromatic carbocycles. The van der Waals surface area contributed by atoms with Gasteiger partial charge in [0, 0.05) is 23.2 Å². The van der Waals surface area contributed by atoms with Crippen molar-refractivity contribution in [3.63, 3.8) is 0 Å². The first-order valence-corrected chi connectivity index (χ1v) is 7.59. The van der Waals surface area contributed by atoms with Crippen molar-refractivity contribution in [1.29, 1.82) is 0 Å². The second-order valence-corrected chi connectivity index (χ2v) is 5.71. The quantitative estimate of drug-likeness (QED) is 0.722. The summed E-state index contributed by atoms with van der Waals surface area (Å²) in [5.41, 5.74) is 2.90. The number of aromatic nitrogens is 2. The molecular formula is C16H16BrN3O2. The molecule has 0 radical (unpaired) electrons. The third-order valence-electron chi connectivity index (χ3n) is 3.34. The highest BCUT2D eigenvalue weighted by atomic mass is 79.9. The summed E-state index contributed by atoms with van der Waals surface area (Å²) in [6.07, 6.45) is 0. The lowest BCUT2D eigenvalue weighted by atomic mass is 10.2. The number of anilines is 1. The maximum atomic E-state index is 5.30. The average molecular weight is 362 g/mol. The van der Waals surface area contributed by atoms with E-state index in [1.165, 1.54) is 5.56 Å². The van der Waals surface area contributed by atoms with Gasteiger partial charge in [0.2, 0.25) is 5.95 Å². The molecule has 1 heterocycles. The molecule has 3 rings (SSSR count). The molecule has 0 saturated heterocycles. The number of methoxy groups -OCH3 is 2. The van der Waals surface area contributed by atoms with Crippen LogP contribution in [0.25, 0.3) is 11.0 Å². The second-order valence-electron chi connectivity index (χ2n) is 4.79. The summed E-state index contributed by atoms with van der Waals surface area (Å²) in [4.78, 5) is 7.76. The molecule has 2 N–H and O–H groups in total. The van der Waals surface area contributed by atoms with E-state index >= 15 is 0 Å². The lowest BCUT2D eigenvalue weighted by Crippen LogP contribution is -2.00. The van der Waals surface area contributed by atoms with Gasteiger partial charge < -0.3 is 19.8 Å². The van der Waals surface area contributed by atoms with Gasteiger partial charge in [-0.25, -0.2) is 4.98 Å². The van der Waals surface area contributed by atoms with Gasteiger partial charge in [0.1, 0.15) is 0 Å². The lowest BCUT2D eigenvalue weighted by molar-refractivity contribution is 0.356. The second kappa shape index (κ2) is 6.27. The standard InChI is InChI=1S/C16H16BrN3O2/c1-21-14-7-12-13(8-15(14)22-2)20-16(19-12)18-9-10-4-3-5-11(17)6-10/h3-8H,9H2,1-2H3,(H2,18,19,20). The molecule has 6 heteroatoms. The Bertz CT molecular complexity index is 760. The molecule has 0 bridgehead atoms. The number of benzene rings is 2. The predicted octanol–water partition coefficient (Wildman–Crippen LogP) is 3.95. The fourth-order valence-electron chi connectivity index (χ4n) is 2.25. The van der Waals surface area contributed by atoms with E-state index < -0.39 is 0 Å². The van der Waals surface area contributed by atoms with E-state index in [1.54, 1.807) is 14.2 Å². The Labute approximate surface area is 136 Å². The number of hydrogen-bond donors (Lipinski definition) is 2. The first kappa shape index (κ1) is 14.7. The highest BCUT2D eigenvalue weighted by Crippen LogP contribution is 2.31. The van der Waals surface area contributed by atoms with Crippen molar-refractivity contribution in [2.24, 2.45) is 0 Å². The van der Waals surface area contributed by atoms with Crippen molar-refractivity contribution in [1.82, 2.24) is 9.97 Å². The van der Waals surface area contributed by atoms with Crippen LogP contribution in [0, 0.1) is 0 Å². The first-order chi connectivity index (χ1) is 10.7. The number of halogens is 1. The van der Waals surface area contributed by atoms with Crippen LogP contribution in [0.4, 0.5) is 5.95 Å². The highest BCUT2D eigenvalue weighted by molar-refractivity contribution is 9.10. The van der Waals surface area contributed by atoms with Gasteiger partial charge in [-0.15, -0.1) is 0 Å². The van der Waals surface area contributed by atoms with Crippen LogP contribution in [-0.2, 0) is 6.54 Å². The van der Waals surface area contributed by atoms with Crippen LogP contribution in [0.2, 0.25) is 0 Å². The molecule has 0 saturated carbocycles. The minimum atomic E-state index is 0.667. The number of hydrogen-bond acceptors (Lipinski definition) is 4. The molecule has 3 aromatic rings. The largest absolute Gasteiger partial charge is 0.493 e. The van der Waals surface area contributed by atoms with E-state index in [2.05, 4.69) is 43.3 Å². The molecule has 0 fully saturated rings. The number of nitrogens with one attached hydrogen (secondary N) is 2. The number of ether oxygens (including phenoxy) is 2. The van der Waals surface area contributed by atoms with Crippen molar-refractivity contribution in [3.8, 4) is 11.5 Å². The van der Waals surface area contributed by atoms with Crippen molar-refractivity contribution in [3.05, 3.63) is 46.4 Å². The van der Waals surface area contributed by atoms with E-state index in [-0.39, 0.29) is 0 Å². The summed E-state index contributed by atoms with van der Waals surface area (Å²) >= 11 is 3.47. The molecule has 0 aliphatic rings. The first-order valence-electron chi connectivity index (χ1n) is 6.79. The van der Waals surface area contributed by atoms with E-state index in [9.17, 15) is 0 Å². The van der Waals surface area contributed by atoms with E-state index in [1.807, 2.05) is 24.3 Å². The van der Waals surface area contributed by atoms with Crippen LogP contribution in [0.5, 0.6) is 11.5 Å². The zero-order valence-electron chi connectivity index (χ0n) is 12.3. The Kier molecular flexibility index (Phi) is 4.20. The van der Waals surface area contributed by atoms with Crippen LogP contribution in [-0.4, -0.2) is 24.2 Å². The van der Waals surface area contributed by atoms with E-state index in [0.717, 1.165) is 15.5 Å². The smallest absolute Gasteiger partial charge is 0.201 e. The normalized spacial score (nSPS) is 10.7. The lowest BCUT2D eigenvalue weighted by Gasteiger charge is -2.06. The van der Waals surface area contributed by atoms with Gasteiger partial charge in [-0.3, -0.25) is 0 Å². The SMILES string of the molecule is COc1cc2nc(NCc3cccc(Br)c3)[nH]c2cc1OC. The molecule has 0 amide bonds. The Morgan fingerprint density at radius 3 is 2.64 bits per heavy atom. The van der Waals surface area contributed by atoms with Crippen LogP contribution in [0.1, 0.15) is 5.56 Å². The number of H-pyrrole nitrogens is 1. The molecule has 0 aliphatic carbocycles. The molecule has 0 atom stereocenters. The maximum absolute atomic E-state index is 5.30. The van der Waals surface area contributed by atoms with Gasteiger partial charge in [-0.1, -0.05) is 28.1 Å². The maximum Gasteiger partial charge on any atom is 0.201 e. The monoisotopic (exact) mass is 361 g/mol. The van der Waals surface area contributed by atoms with Gasteiger partial charge in [0.05, 0.1) is 25.3 Å². The van der Waals surface area contributed by atoms with Crippen LogP contribution in [0.3, 0.4) is 0 Å². The van der Waals surface area contributed by atoms with Crippen molar-refractivity contribution < 1.29 is 9.47 Å². The Morgan fingerprint density at radius 1 is 1.14 bits per heavy atom. The van der Waals surface area contributed by atoms with Crippen molar-refractivity contribution in [2.45, 2.75) is 6.54 Å². The Morgan fingerprint density at radius 2 is 1.91 bits per heavy atom. The molecular weight excluding hydrogens is 346 g/mol. The minimum Gasteiger partial charge on any atom is -0.493 e. The average Bonchev–Trinajstić information content (AvgIpc) is 2.93. The summed E-state index contributed by atoms with van der Waals surface area (Å²) in [6, 6.07) is 11.9. The van der Waals surface area contributed by atoms with Gasteiger partial charge in [0.25, 0.3) is 0 Å². The van der Waals surface area contributed by atoms with E-state index in [4.69, 9.17) is 9.47 Å². The molecule has 0 unspecified atom stereocenters. The molecule has 0 aliphatic heterocycles. The third-order valence-corrected chi connectivity index (χ3v) is 3.83. The summed E-state index contributed by atoms with van der Waals surface area (Å²) in [7, 11) is 3.23. The summed E-state index contributed by atoms with van der Waals surface area (Å²) in [5.74, 6) is 2.06. The van der Waals surface area contributed by atoms with Crippen molar-refractivity contribution in [2.75, 3.05) is 19.5 Å². The predicted molar refractivity (Wildman–Crippen MR) is 90.7 cm³/mol. The summed E-state index contributed by atoms with van der Waals surface area (Å²) in [5, 5.41) is 3.28. The van der Waals surface area contributed by atoms with Crippen LogP contribution >= 0.6 is 15.9 Å².